The number of hydrogen-bond donors (Lipinski definition) is 1. The van der Waals surface area contributed by atoms with E-state index in [4.69, 9.17) is 9.84 Å². The predicted octanol–water partition coefficient (Wildman–Crippen LogP) is 3.66. The van der Waals surface area contributed by atoms with Gasteiger partial charge in [-0.15, -0.1) is 11.3 Å². The topological polar surface area (TPSA) is 59.4 Å². The van der Waals surface area contributed by atoms with Crippen LogP contribution in [0.3, 0.4) is 0 Å². The SMILES string of the molecule is CCOc1ccc2nc(C3CCC(C(=O)O)C3)sc2c1. The van der Waals surface area contributed by atoms with Gasteiger partial charge in [0.05, 0.1) is 27.7 Å². The monoisotopic (exact) mass is 291 g/mol. The Labute approximate surface area is 121 Å². The molecule has 0 radical (unpaired) electrons. The van der Waals surface area contributed by atoms with Crippen molar-refractivity contribution in [1.29, 1.82) is 0 Å². The van der Waals surface area contributed by atoms with E-state index < -0.39 is 5.97 Å². The van der Waals surface area contributed by atoms with Crippen molar-refractivity contribution in [3.05, 3.63) is 23.2 Å². The van der Waals surface area contributed by atoms with Crippen molar-refractivity contribution in [2.24, 2.45) is 5.92 Å². The molecule has 20 heavy (non-hydrogen) atoms. The molecule has 0 saturated heterocycles. The Kier molecular flexibility index (Phi) is 3.61. The third-order valence-electron chi connectivity index (χ3n) is 3.82. The molecule has 1 aromatic heterocycles. The maximum atomic E-state index is 11.0. The van der Waals surface area contributed by atoms with Crippen LogP contribution in [0.25, 0.3) is 10.2 Å². The maximum absolute atomic E-state index is 11.0. The number of thiazole rings is 1. The molecule has 0 bridgehead atoms. The second-order valence-electron chi connectivity index (χ2n) is 5.16. The first-order valence-corrected chi connectivity index (χ1v) is 7.75. The molecule has 1 saturated carbocycles. The van der Waals surface area contributed by atoms with E-state index in [1.165, 1.54) is 0 Å². The van der Waals surface area contributed by atoms with Crippen molar-refractivity contribution in [1.82, 2.24) is 4.98 Å². The molecule has 1 aliphatic carbocycles. The number of nitrogens with zero attached hydrogens (tertiary/aromatic N) is 1. The van der Waals surface area contributed by atoms with Crippen LogP contribution in [-0.4, -0.2) is 22.7 Å². The summed E-state index contributed by atoms with van der Waals surface area (Å²) in [6, 6.07) is 5.93. The summed E-state index contributed by atoms with van der Waals surface area (Å²) in [5, 5.41) is 10.1. The minimum atomic E-state index is -0.674. The van der Waals surface area contributed by atoms with Crippen LogP contribution in [0.4, 0.5) is 0 Å². The van der Waals surface area contributed by atoms with Gasteiger partial charge in [0, 0.05) is 5.92 Å². The van der Waals surface area contributed by atoms with E-state index in [0.29, 0.717) is 18.9 Å². The quantitative estimate of drug-likeness (QED) is 0.933. The van der Waals surface area contributed by atoms with Crippen LogP contribution < -0.4 is 4.74 Å². The molecule has 5 heteroatoms. The molecule has 1 aliphatic rings. The molecule has 1 N–H and O–H groups in total. The normalized spacial score (nSPS) is 22.2. The lowest BCUT2D eigenvalue weighted by atomic mass is 10.1. The van der Waals surface area contributed by atoms with Crippen LogP contribution in [0.1, 0.15) is 37.1 Å². The number of aromatic nitrogens is 1. The molecule has 0 amide bonds. The number of benzene rings is 1. The fourth-order valence-corrected chi connectivity index (χ4v) is 3.93. The summed E-state index contributed by atoms with van der Waals surface area (Å²) in [6.07, 6.45) is 2.41. The van der Waals surface area contributed by atoms with Crippen LogP contribution in [0.5, 0.6) is 5.75 Å². The number of hydrogen-bond acceptors (Lipinski definition) is 4. The first-order valence-electron chi connectivity index (χ1n) is 6.93. The predicted molar refractivity (Wildman–Crippen MR) is 78.5 cm³/mol. The van der Waals surface area contributed by atoms with E-state index in [1.54, 1.807) is 11.3 Å². The Balaban J connectivity index is 1.84. The fourth-order valence-electron chi connectivity index (χ4n) is 2.78. The highest BCUT2D eigenvalue weighted by atomic mass is 32.1. The largest absolute Gasteiger partial charge is 0.494 e. The number of carboxylic acid groups (broad SMARTS) is 1. The van der Waals surface area contributed by atoms with Gasteiger partial charge in [-0.25, -0.2) is 4.98 Å². The Morgan fingerprint density at radius 2 is 2.35 bits per heavy atom. The standard InChI is InChI=1S/C15H17NO3S/c1-2-19-11-5-6-12-13(8-11)20-14(16-12)9-3-4-10(7-9)15(17)18/h5-6,8-10H,2-4,7H2,1H3,(H,17,18). The van der Waals surface area contributed by atoms with Gasteiger partial charge in [-0.05, 0) is 44.4 Å². The lowest BCUT2D eigenvalue weighted by Gasteiger charge is -2.04. The molecule has 1 heterocycles. The summed E-state index contributed by atoms with van der Waals surface area (Å²) >= 11 is 1.66. The zero-order valence-corrected chi connectivity index (χ0v) is 12.2. The fraction of sp³-hybridized carbons (Fsp3) is 0.467. The van der Waals surface area contributed by atoms with E-state index >= 15 is 0 Å². The van der Waals surface area contributed by atoms with Crippen LogP contribution in [0, 0.1) is 5.92 Å². The number of fused-ring (bicyclic) bond motifs is 1. The molecule has 2 atom stereocenters. The maximum Gasteiger partial charge on any atom is 0.306 e. The van der Waals surface area contributed by atoms with E-state index in [0.717, 1.165) is 33.8 Å². The van der Waals surface area contributed by atoms with E-state index in [2.05, 4.69) is 4.98 Å². The Morgan fingerprint density at radius 3 is 3.05 bits per heavy atom. The number of ether oxygens (including phenoxy) is 1. The average molecular weight is 291 g/mol. The van der Waals surface area contributed by atoms with Gasteiger partial charge in [-0.2, -0.15) is 0 Å². The molecule has 0 spiro atoms. The Hall–Kier alpha value is -1.62. The van der Waals surface area contributed by atoms with Gasteiger partial charge < -0.3 is 9.84 Å². The highest BCUT2D eigenvalue weighted by molar-refractivity contribution is 7.18. The van der Waals surface area contributed by atoms with Crippen molar-refractivity contribution < 1.29 is 14.6 Å². The third-order valence-corrected chi connectivity index (χ3v) is 5.00. The second kappa shape index (κ2) is 5.40. The van der Waals surface area contributed by atoms with Gasteiger partial charge in [0.1, 0.15) is 5.75 Å². The lowest BCUT2D eigenvalue weighted by Crippen LogP contribution is -2.09. The minimum absolute atomic E-state index is 0.203. The van der Waals surface area contributed by atoms with E-state index in [9.17, 15) is 4.79 Å². The highest BCUT2D eigenvalue weighted by Crippen LogP contribution is 2.41. The van der Waals surface area contributed by atoms with Gasteiger partial charge >= 0.3 is 5.97 Å². The van der Waals surface area contributed by atoms with Crippen LogP contribution in [0.2, 0.25) is 0 Å². The lowest BCUT2D eigenvalue weighted by molar-refractivity contribution is -0.141. The van der Waals surface area contributed by atoms with Gasteiger partial charge in [0.15, 0.2) is 0 Å². The average Bonchev–Trinajstić information content (AvgIpc) is 3.05. The van der Waals surface area contributed by atoms with Gasteiger partial charge in [0.25, 0.3) is 0 Å². The molecule has 106 valence electrons. The summed E-state index contributed by atoms with van der Waals surface area (Å²) < 4.78 is 6.61. The summed E-state index contributed by atoms with van der Waals surface area (Å²) in [5.41, 5.74) is 0.979. The molecular weight excluding hydrogens is 274 g/mol. The number of aliphatic carboxylic acids is 1. The third kappa shape index (κ3) is 2.50. The van der Waals surface area contributed by atoms with E-state index in [1.807, 2.05) is 25.1 Å². The Morgan fingerprint density at radius 1 is 1.50 bits per heavy atom. The van der Waals surface area contributed by atoms with E-state index in [-0.39, 0.29) is 5.92 Å². The van der Waals surface area contributed by atoms with Crippen molar-refractivity contribution in [2.45, 2.75) is 32.1 Å². The number of rotatable bonds is 4. The first-order chi connectivity index (χ1) is 9.67. The molecular formula is C15H17NO3S. The van der Waals surface area contributed by atoms with Crippen molar-refractivity contribution >= 4 is 27.5 Å². The molecule has 3 rings (SSSR count). The van der Waals surface area contributed by atoms with Crippen LogP contribution >= 0.6 is 11.3 Å². The van der Waals surface area contributed by atoms with Crippen molar-refractivity contribution in [2.75, 3.05) is 6.61 Å². The molecule has 1 fully saturated rings. The molecule has 2 aromatic rings. The zero-order valence-electron chi connectivity index (χ0n) is 11.3. The zero-order chi connectivity index (χ0) is 14.1. The minimum Gasteiger partial charge on any atom is -0.494 e. The summed E-state index contributed by atoms with van der Waals surface area (Å²) in [5.74, 6) is 0.285. The van der Waals surface area contributed by atoms with Gasteiger partial charge in [-0.1, -0.05) is 0 Å². The van der Waals surface area contributed by atoms with Gasteiger partial charge in [-0.3, -0.25) is 4.79 Å². The molecule has 1 aromatic carbocycles. The van der Waals surface area contributed by atoms with Crippen LogP contribution in [0.15, 0.2) is 18.2 Å². The summed E-state index contributed by atoms with van der Waals surface area (Å²) in [7, 11) is 0. The summed E-state index contributed by atoms with van der Waals surface area (Å²) in [4.78, 5) is 15.7. The summed E-state index contributed by atoms with van der Waals surface area (Å²) in [6.45, 7) is 2.62. The Bertz CT molecular complexity index is 637. The molecule has 0 aliphatic heterocycles. The van der Waals surface area contributed by atoms with Crippen LogP contribution in [-0.2, 0) is 4.79 Å². The van der Waals surface area contributed by atoms with Crippen molar-refractivity contribution in [3.63, 3.8) is 0 Å². The number of carbonyl (C=O) groups is 1. The highest BCUT2D eigenvalue weighted by Gasteiger charge is 2.32. The van der Waals surface area contributed by atoms with Crippen molar-refractivity contribution in [3.8, 4) is 5.75 Å². The molecule has 2 unspecified atom stereocenters. The van der Waals surface area contributed by atoms with Gasteiger partial charge in [0.2, 0.25) is 0 Å². The second-order valence-corrected chi connectivity index (χ2v) is 6.22. The number of carboxylic acids is 1. The smallest absolute Gasteiger partial charge is 0.306 e. The first kappa shape index (κ1) is 13.4. The molecule has 4 nitrogen and oxygen atoms in total.